The lowest BCUT2D eigenvalue weighted by molar-refractivity contribution is -0.121. The molecule has 0 aromatic heterocycles. The van der Waals surface area contributed by atoms with Crippen LogP contribution < -0.4 is 4.90 Å². The van der Waals surface area contributed by atoms with Gasteiger partial charge in [0.05, 0.1) is 4.90 Å². The Kier molecular flexibility index (Phi) is 4.62. The maximum atomic E-state index is 13.2. The number of carbonyl (C=O) groups excluding carboxylic acids is 1. The molecule has 0 spiro atoms. The average molecular weight is 435 g/mol. The number of nitrogens with zero attached hydrogens (tertiary/aromatic N) is 2. The Hall–Kier alpha value is -1.70. The van der Waals surface area contributed by atoms with Crippen LogP contribution in [0.3, 0.4) is 0 Å². The van der Waals surface area contributed by atoms with Crippen LogP contribution in [0.1, 0.15) is 18.4 Å². The first-order valence-electron chi connectivity index (χ1n) is 8.65. The van der Waals surface area contributed by atoms with E-state index < -0.39 is 16.1 Å². The molecule has 0 radical (unpaired) electrons. The SMILES string of the molecule is O=C(C1CCCN1S(=O)(=O)c1ccccc1)N1CCc2cc(Br)ccc21. The smallest absolute Gasteiger partial charge is 0.245 e. The van der Waals surface area contributed by atoms with E-state index in [1.54, 1.807) is 35.2 Å². The highest BCUT2D eigenvalue weighted by molar-refractivity contribution is 9.10. The molecule has 2 heterocycles. The molecule has 2 aliphatic rings. The Labute approximate surface area is 161 Å². The van der Waals surface area contributed by atoms with Crippen molar-refractivity contribution < 1.29 is 13.2 Å². The Balaban J connectivity index is 1.63. The minimum Gasteiger partial charge on any atom is -0.310 e. The topological polar surface area (TPSA) is 57.7 Å². The van der Waals surface area contributed by atoms with Gasteiger partial charge < -0.3 is 4.90 Å². The maximum absolute atomic E-state index is 13.2. The molecule has 1 unspecified atom stereocenters. The van der Waals surface area contributed by atoms with E-state index in [1.165, 1.54) is 4.31 Å². The maximum Gasteiger partial charge on any atom is 0.245 e. The Bertz CT molecular complexity index is 947. The summed E-state index contributed by atoms with van der Waals surface area (Å²) in [6.07, 6.45) is 2.05. The molecule has 0 bridgehead atoms. The summed E-state index contributed by atoms with van der Waals surface area (Å²) in [6, 6.07) is 13.6. The highest BCUT2D eigenvalue weighted by Crippen LogP contribution is 2.34. The number of fused-ring (bicyclic) bond motifs is 1. The van der Waals surface area contributed by atoms with Gasteiger partial charge in [-0.05, 0) is 55.2 Å². The molecule has 1 atom stereocenters. The van der Waals surface area contributed by atoms with Gasteiger partial charge in [-0.15, -0.1) is 0 Å². The van der Waals surface area contributed by atoms with Crippen molar-refractivity contribution >= 4 is 37.5 Å². The Morgan fingerprint density at radius 3 is 2.62 bits per heavy atom. The van der Waals surface area contributed by atoms with Gasteiger partial charge in [0.1, 0.15) is 6.04 Å². The molecule has 7 heteroatoms. The van der Waals surface area contributed by atoms with Gasteiger partial charge in [-0.1, -0.05) is 34.1 Å². The molecule has 0 aliphatic carbocycles. The van der Waals surface area contributed by atoms with Gasteiger partial charge in [0.25, 0.3) is 0 Å². The lowest BCUT2D eigenvalue weighted by atomic mass is 10.1. The Morgan fingerprint density at radius 2 is 1.85 bits per heavy atom. The first-order valence-corrected chi connectivity index (χ1v) is 10.9. The van der Waals surface area contributed by atoms with E-state index in [4.69, 9.17) is 0 Å². The summed E-state index contributed by atoms with van der Waals surface area (Å²) in [5.74, 6) is -0.122. The van der Waals surface area contributed by atoms with E-state index in [2.05, 4.69) is 15.9 Å². The van der Waals surface area contributed by atoms with Crippen LogP contribution >= 0.6 is 15.9 Å². The third-order valence-corrected chi connectivity index (χ3v) is 7.46. The molecule has 5 nitrogen and oxygen atoms in total. The van der Waals surface area contributed by atoms with Crippen LogP contribution in [0.25, 0.3) is 0 Å². The first-order chi connectivity index (χ1) is 12.5. The fourth-order valence-electron chi connectivity index (χ4n) is 3.78. The van der Waals surface area contributed by atoms with Gasteiger partial charge in [-0.3, -0.25) is 4.79 Å². The summed E-state index contributed by atoms with van der Waals surface area (Å²) in [7, 11) is -3.67. The van der Waals surface area contributed by atoms with E-state index >= 15 is 0 Å². The van der Waals surface area contributed by atoms with Gasteiger partial charge in [-0.2, -0.15) is 4.31 Å². The summed E-state index contributed by atoms with van der Waals surface area (Å²) >= 11 is 3.46. The van der Waals surface area contributed by atoms with E-state index in [9.17, 15) is 13.2 Å². The van der Waals surface area contributed by atoms with Crippen LogP contribution in [0, 0.1) is 0 Å². The monoisotopic (exact) mass is 434 g/mol. The number of rotatable bonds is 3. The fraction of sp³-hybridized carbons (Fsp3) is 0.316. The fourth-order valence-corrected chi connectivity index (χ4v) is 5.86. The molecule has 1 fully saturated rings. The molecule has 2 aromatic rings. The molecule has 1 saturated heterocycles. The van der Waals surface area contributed by atoms with Crippen molar-refractivity contribution in [2.24, 2.45) is 0 Å². The zero-order valence-corrected chi connectivity index (χ0v) is 16.5. The van der Waals surface area contributed by atoms with Gasteiger partial charge >= 0.3 is 0 Å². The molecule has 0 N–H and O–H groups in total. The molecule has 0 saturated carbocycles. The van der Waals surface area contributed by atoms with Gasteiger partial charge in [0, 0.05) is 23.2 Å². The van der Waals surface area contributed by atoms with Gasteiger partial charge in [0.2, 0.25) is 15.9 Å². The van der Waals surface area contributed by atoms with Crippen molar-refractivity contribution in [3.63, 3.8) is 0 Å². The summed E-state index contributed by atoms with van der Waals surface area (Å²) < 4.78 is 28.4. The highest BCUT2D eigenvalue weighted by Gasteiger charge is 2.42. The molecular formula is C19H19BrN2O3S. The second-order valence-corrected chi connectivity index (χ2v) is 9.41. The zero-order valence-electron chi connectivity index (χ0n) is 14.1. The van der Waals surface area contributed by atoms with Crippen LogP contribution in [0.4, 0.5) is 5.69 Å². The molecule has 4 rings (SSSR count). The van der Waals surface area contributed by atoms with E-state index in [0.29, 0.717) is 25.9 Å². The summed E-state index contributed by atoms with van der Waals surface area (Å²) in [6.45, 7) is 0.981. The summed E-state index contributed by atoms with van der Waals surface area (Å²) in [5.41, 5.74) is 2.00. The minimum atomic E-state index is -3.67. The molecule has 26 heavy (non-hydrogen) atoms. The van der Waals surface area contributed by atoms with Crippen LogP contribution in [0.2, 0.25) is 0 Å². The van der Waals surface area contributed by atoms with Crippen molar-refractivity contribution in [3.8, 4) is 0 Å². The molecule has 136 valence electrons. The van der Waals surface area contributed by atoms with Crippen molar-refractivity contribution in [1.82, 2.24) is 4.31 Å². The Morgan fingerprint density at radius 1 is 1.08 bits per heavy atom. The molecule has 2 aliphatic heterocycles. The predicted octanol–water partition coefficient (Wildman–Crippen LogP) is 3.19. The lowest BCUT2D eigenvalue weighted by Crippen LogP contribution is -2.47. The quantitative estimate of drug-likeness (QED) is 0.744. The van der Waals surface area contributed by atoms with Crippen LogP contribution in [0.15, 0.2) is 57.9 Å². The van der Waals surface area contributed by atoms with Crippen molar-refractivity contribution in [3.05, 3.63) is 58.6 Å². The number of anilines is 1. The first kappa shape index (κ1) is 17.7. The average Bonchev–Trinajstić information content (AvgIpc) is 3.29. The summed E-state index contributed by atoms with van der Waals surface area (Å²) in [5, 5.41) is 0. The lowest BCUT2D eigenvalue weighted by Gasteiger charge is -2.27. The van der Waals surface area contributed by atoms with Gasteiger partial charge in [0.15, 0.2) is 0 Å². The highest BCUT2D eigenvalue weighted by atomic mass is 79.9. The number of hydrogen-bond acceptors (Lipinski definition) is 3. The third kappa shape index (κ3) is 2.98. The largest absolute Gasteiger partial charge is 0.310 e. The van der Waals surface area contributed by atoms with E-state index in [0.717, 1.165) is 22.1 Å². The van der Waals surface area contributed by atoms with Crippen molar-refractivity contribution in [2.75, 3.05) is 18.0 Å². The zero-order chi connectivity index (χ0) is 18.3. The van der Waals surface area contributed by atoms with Gasteiger partial charge in [-0.25, -0.2) is 8.42 Å². The standard InChI is InChI=1S/C19H19BrN2O3S/c20-15-8-9-17-14(13-15)10-12-21(17)19(23)18-7-4-11-22(18)26(24,25)16-5-2-1-3-6-16/h1-3,5-6,8-9,13,18H,4,7,10-12H2. The van der Waals surface area contributed by atoms with Crippen LogP contribution in [0.5, 0.6) is 0 Å². The number of sulfonamides is 1. The number of hydrogen-bond donors (Lipinski definition) is 0. The number of carbonyl (C=O) groups is 1. The van der Waals surface area contributed by atoms with Crippen LogP contribution in [-0.4, -0.2) is 37.8 Å². The number of halogens is 1. The minimum absolute atomic E-state index is 0.122. The van der Waals surface area contributed by atoms with Crippen molar-refractivity contribution in [2.45, 2.75) is 30.2 Å². The van der Waals surface area contributed by atoms with E-state index in [-0.39, 0.29) is 10.8 Å². The van der Waals surface area contributed by atoms with Crippen LogP contribution in [-0.2, 0) is 21.2 Å². The normalized spacial score (nSPS) is 20.3. The van der Waals surface area contributed by atoms with E-state index in [1.807, 2.05) is 18.2 Å². The molecule has 1 amide bonds. The van der Waals surface area contributed by atoms with Crippen molar-refractivity contribution in [1.29, 1.82) is 0 Å². The second kappa shape index (κ2) is 6.79. The predicted molar refractivity (Wildman–Crippen MR) is 104 cm³/mol. The second-order valence-electron chi connectivity index (χ2n) is 6.60. The number of amides is 1. The molecule has 2 aromatic carbocycles. The number of benzene rings is 2. The molecular weight excluding hydrogens is 416 g/mol. The summed E-state index contributed by atoms with van der Waals surface area (Å²) in [4.78, 5) is 15.2. The third-order valence-electron chi connectivity index (χ3n) is 5.04.